The fraction of sp³-hybridized carbons (Fsp3) is 0.750. The standard InChI is InChI=1S/C2HF3O2.C2H6S/c3-2(4,5)1(6)7;1-3-2/h(H,6,7);1-2H3. The van der Waals surface area contributed by atoms with Gasteiger partial charge in [0.2, 0.25) is 0 Å². The predicted molar refractivity (Wildman–Crippen MR) is 33.1 cm³/mol. The van der Waals surface area contributed by atoms with Crippen molar-refractivity contribution in [3.63, 3.8) is 0 Å². The Morgan fingerprint density at radius 2 is 1.50 bits per heavy atom. The van der Waals surface area contributed by atoms with Crippen LogP contribution >= 0.6 is 11.8 Å². The van der Waals surface area contributed by atoms with E-state index in [1.165, 1.54) is 0 Å². The molecule has 0 aromatic rings. The number of hydrogen-bond acceptors (Lipinski definition) is 2. The summed E-state index contributed by atoms with van der Waals surface area (Å²) < 4.78 is 31.7. The molecule has 0 atom stereocenters. The average molecular weight is 176 g/mol. The topological polar surface area (TPSA) is 37.3 Å². The lowest BCUT2D eigenvalue weighted by molar-refractivity contribution is -0.192. The number of hydrogen-bond donors (Lipinski definition) is 1. The Hall–Kier alpha value is -0.390. The molecule has 0 spiro atoms. The molecular weight excluding hydrogens is 169 g/mol. The highest BCUT2D eigenvalue weighted by molar-refractivity contribution is 7.97. The summed E-state index contributed by atoms with van der Waals surface area (Å²) in [5.41, 5.74) is 0. The van der Waals surface area contributed by atoms with E-state index in [0.717, 1.165) is 0 Å². The van der Waals surface area contributed by atoms with Crippen LogP contribution in [-0.4, -0.2) is 29.8 Å². The van der Waals surface area contributed by atoms with E-state index in [4.69, 9.17) is 9.90 Å². The average Bonchev–Trinajstić information content (AvgIpc) is 1.64. The summed E-state index contributed by atoms with van der Waals surface area (Å²) in [4.78, 5) is 8.90. The Morgan fingerprint density at radius 3 is 1.50 bits per heavy atom. The second-order valence-corrected chi connectivity index (χ2v) is 2.03. The molecule has 0 unspecified atom stereocenters. The van der Waals surface area contributed by atoms with Crippen LogP contribution in [0, 0.1) is 0 Å². The number of carboxylic acids is 1. The first-order valence-corrected chi connectivity index (χ1v) is 3.69. The van der Waals surface area contributed by atoms with Crippen molar-refractivity contribution < 1.29 is 23.1 Å². The largest absolute Gasteiger partial charge is 0.490 e. The molecule has 0 aromatic carbocycles. The first-order chi connectivity index (χ1) is 4.36. The van der Waals surface area contributed by atoms with E-state index >= 15 is 0 Å². The maximum absolute atomic E-state index is 10.6. The van der Waals surface area contributed by atoms with E-state index in [2.05, 4.69) is 0 Å². The molecule has 62 valence electrons. The van der Waals surface area contributed by atoms with Crippen LogP contribution in [0.3, 0.4) is 0 Å². The Morgan fingerprint density at radius 1 is 1.40 bits per heavy atom. The maximum atomic E-state index is 10.6. The van der Waals surface area contributed by atoms with Gasteiger partial charge in [-0.15, -0.1) is 0 Å². The zero-order valence-electron chi connectivity index (χ0n) is 5.40. The molecule has 0 aliphatic heterocycles. The van der Waals surface area contributed by atoms with Crippen molar-refractivity contribution in [2.45, 2.75) is 6.18 Å². The molecule has 0 heterocycles. The van der Waals surface area contributed by atoms with E-state index in [9.17, 15) is 13.2 Å². The van der Waals surface area contributed by atoms with Gasteiger partial charge in [0.25, 0.3) is 0 Å². The van der Waals surface area contributed by atoms with Gasteiger partial charge in [0.05, 0.1) is 0 Å². The minimum Gasteiger partial charge on any atom is -0.475 e. The van der Waals surface area contributed by atoms with Crippen LogP contribution in [0.2, 0.25) is 0 Å². The van der Waals surface area contributed by atoms with Gasteiger partial charge in [0.1, 0.15) is 0 Å². The second kappa shape index (κ2) is 5.40. The van der Waals surface area contributed by atoms with Crippen LogP contribution < -0.4 is 0 Å². The minimum absolute atomic E-state index is 1.75. The SMILES string of the molecule is CSC.O=C(O)C(F)(F)F. The van der Waals surface area contributed by atoms with Gasteiger partial charge in [-0.3, -0.25) is 0 Å². The Balaban J connectivity index is 0. The molecule has 1 N–H and O–H groups in total. The molecule has 6 heteroatoms. The predicted octanol–water partition coefficient (Wildman–Crippen LogP) is 1.61. The van der Waals surface area contributed by atoms with Crippen molar-refractivity contribution >= 4 is 17.7 Å². The van der Waals surface area contributed by atoms with Crippen molar-refractivity contribution in [2.75, 3.05) is 12.5 Å². The molecule has 2 nitrogen and oxygen atoms in total. The van der Waals surface area contributed by atoms with E-state index in [1.54, 1.807) is 11.8 Å². The Kier molecular flexibility index (Phi) is 6.64. The Labute approximate surface area is 60.4 Å². The highest BCUT2D eigenvalue weighted by Gasteiger charge is 2.38. The summed E-state index contributed by atoms with van der Waals surface area (Å²) in [7, 11) is 0. The summed E-state index contributed by atoms with van der Waals surface area (Å²) in [6.07, 6.45) is -1.00. The van der Waals surface area contributed by atoms with Gasteiger partial charge >= 0.3 is 12.1 Å². The van der Waals surface area contributed by atoms with Gasteiger partial charge in [0, 0.05) is 0 Å². The first kappa shape index (κ1) is 12.3. The fourth-order valence-corrected chi connectivity index (χ4v) is 0. The zero-order valence-corrected chi connectivity index (χ0v) is 6.21. The molecule has 0 rings (SSSR count). The number of carbonyl (C=O) groups is 1. The second-order valence-electron chi connectivity index (χ2n) is 1.21. The van der Waals surface area contributed by atoms with Crippen LogP contribution in [-0.2, 0) is 4.79 Å². The number of halogens is 3. The van der Waals surface area contributed by atoms with Crippen LogP contribution in [0.15, 0.2) is 0 Å². The number of alkyl halides is 3. The van der Waals surface area contributed by atoms with Gasteiger partial charge in [-0.05, 0) is 12.5 Å². The monoisotopic (exact) mass is 176 g/mol. The van der Waals surface area contributed by atoms with E-state index in [-0.39, 0.29) is 0 Å². The van der Waals surface area contributed by atoms with Gasteiger partial charge in [-0.25, -0.2) is 4.79 Å². The third-order valence-corrected chi connectivity index (χ3v) is 0.243. The van der Waals surface area contributed by atoms with Crippen LogP contribution in [0.5, 0.6) is 0 Å². The van der Waals surface area contributed by atoms with Gasteiger partial charge in [-0.2, -0.15) is 24.9 Å². The lowest BCUT2D eigenvalue weighted by Crippen LogP contribution is -2.21. The highest BCUT2D eigenvalue weighted by Crippen LogP contribution is 2.13. The minimum atomic E-state index is -5.08. The van der Waals surface area contributed by atoms with E-state index in [1.807, 2.05) is 12.5 Å². The summed E-state index contributed by atoms with van der Waals surface area (Å²) in [5.74, 6) is -2.76. The molecule has 0 saturated carbocycles. The zero-order chi connectivity index (χ0) is 8.78. The summed E-state index contributed by atoms with van der Waals surface area (Å²) in [5, 5.41) is 7.12. The number of carboxylic acid groups (broad SMARTS) is 1. The quantitative estimate of drug-likeness (QED) is 0.609. The summed E-state index contributed by atoms with van der Waals surface area (Å²) in [6, 6.07) is 0. The third kappa shape index (κ3) is 10.6. The first-order valence-electron chi connectivity index (χ1n) is 2.06. The summed E-state index contributed by atoms with van der Waals surface area (Å²) >= 11 is 1.75. The number of aliphatic carboxylic acids is 1. The maximum Gasteiger partial charge on any atom is 0.490 e. The van der Waals surface area contributed by atoms with Gasteiger partial charge in [-0.1, -0.05) is 0 Å². The molecule has 0 saturated heterocycles. The Bertz CT molecular complexity index is 101. The lowest BCUT2D eigenvalue weighted by atomic mass is 10.7. The normalized spacial score (nSPS) is 9.70. The third-order valence-electron chi connectivity index (χ3n) is 0.243. The fourth-order valence-electron chi connectivity index (χ4n) is 0. The molecular formula is C4H7F3O2S. The summed E-state index contributed by atoms with van der Waals surface area (Å²) in [6.45, 7) is 0. The molecule has 0 aliphatic rings. The van der Waals surface area contributed by atoms with Crippen molar-refractivity contribution in [1.82, 2.24) is 0 Å². The van der Waals surface area contributed by atoms with Crippen molar-refractivity contribution in [2.24, 2.45) is 0 Å². The highest BCUT2D eigenvalue weighted by atomic mass is 32.2. The van der Waals surface area contributed by atoms with Crippen molar-refractivity contribution in [3.05, 3.63) is 0 Å². The van der Waals surface area contributed by atoms with Crippen molar-refractivity contribution in [3.8, 4) is 0 Å². The molecule has 0 aliphatic carbocycles. The number of thioether (sulfide) groups is 1. The van der Waals surface area contributed by atoms with Crippen LogP contribution in [0.1, 0.15) is 0 Å². The molecule has 0 amide bonds. The lowest BCUT2D eigenvalue weighted by Gasteiger charge is -1.93. The van der Waals surface area contributed by atoms with Crippen LogP contribution in [0.4, 0.5) is 13.2 Å². The van der Waals surface area contributed by atoms with E-state index in [0.29, 0.717) is 0 Å². The van der Waals surface area contributed by atoms with Gasteiger partial charge < -0.3 is 5.11 Å². The smallest absolute Gasteiger partial charge is 0.475 e. The molecule has 0 bridgehead atoms. The molecule has 0 radical (unpaired) electrons. The van der Waals surface area contributed by atoms with Gasteiger partial charge in [0.15, 0.2) is 0 Å². The molecule has 10 heavy (non-hydrogen) atoms. The molecule has 0 fully saturated rings. The molecule has 0 aromatic heterocycles. The van der Waals surface area contributed by atoms with Crippen molar-refractivity contribution in [1.29, 1.82) is 0 Å². The van der Waals surface area contributed by atoms with Crippen LogP contribution in [0.25, 0.3) is 0 Å². The van der Waals surface area contributed by atoms with E-state index < -0.39 is 12.1 Å². The number of rotatable bonds is 0.